The van der Waals surface area contributed by atoms with Crippen molar-refractivity contribution in [2.75, 3.05) is 22.9 Å². The van der Waals surface area contributed by atoms with Crippen LogP contribution < -0.4 is 9.80 Å². The minimum atomic E-state index is -0.115. The maximum atomic E-state index is 13.4. The summed E-state index contributed by atoms with van der Waals surface area (Å²) in [5.74, 6) is 0.536. The van der Waals surface area contributed by atoms with Gasteiger partial charge in [0.1, 0.15) is 5.69 Å². The highest BCUT2D eigenvalue weighted by Crippen LogP contribution is 2.21. The smallest absolute Gasteiger partial charge is 0.277 e. The van der Waals surface area contributed by atoms with Gasteiger partial charge >= 0.3 is 0 Å². The molecule has 3 aromatic rings. The summed E-state index contributed by atoms with van der Waals surface area (Å²) in [5, 5.41) is 0. The lowest BCUT2D eigenvalue weighted by molar-refractivity contribution is 0.0980. The van der Waals surface area contributed by atoms with Crippen LogP contribution in [0.4, 0.5) is 11.6 Å². The van der Waals surface area contributed by atoms with Crippen molar-refractivity contribution in [3.63, 3.8) is 0 Å². The molecule has 0 bridgehead atoms. The van der Waals surface area contributed by atoms with Gasteiger partial charge < -0.3 is 9.80 Å². The largest absolute Gasteiger partial charge is 0.341 e. The van der Waals surface area contributed by atoms with Gasteiger partial charge in [0.25, 0.3) is 5.91 Å². The van der Waals surface area contributed by atoms with Gasteiger partial charge in [-0.2, -0.15) is 0 Å². The van der Waals surface area contributed by atoms with Crippen LogP contribution in [0.5, 0.6) is 0 Å². The Morgan fingerprint density at radius 2 is 1.57 bits per heavy atom. The van der Waals surface area contributed by atoms with Crippen LogP contribution in [0.15, 0.2) is 72.9 Å². The summed E-state index contributed by atoms with van der Waals surface area (Å²) >= 11 is 0. The normalized spacial score (nSPS) is 13.9. The standard InChI is InChI=1S/C23H24N4O/c28-22(21-14-15-24-23(25-21)26-16-8-3-9-17-26)27(20-12-6-2-7-13-20)18-19-10-4-1-5-11-19/h1-2,4-7,10-15H,3,8-9,16-18H2. The van der Waals surface area contributed by atoms with Crippen molar-refractivity contribution in [2.45, 2.75) is 25.8 Å². The number of carbonyl (C=O) groups excluding carboxylic acids is 1. The molecule has 1 aromatic heterocycles. The lowest BCUT2D eigenvalue weighted by atomic mass is 10.1. The summed E-state index contributed by atoms with van der Waals surface area (Å²) in [6.45, 7) is 2.39. The predicted molar refractivity (Wildman–Crippen MR) is 111 cm³/mol. The highest BCUT2D eigenvalue weighted by molar-refractivity contribution is 6.04. The zero-order chi connectivity index (χ0) is 19.2. The molecule has 1 aliphatic rings. The molecule has 0 atom stereocenters. The van der Waals surface area contributed by atoms with Crippen molar-refractivity contribution in [1.29, 1.82) is 0 Å². The monoisotopic (exact) mass is 372 g/mol. The van der Waals surface area contributed by atoms with E-state index in [2.05, 4.69) is 14.9 Å². The van der Waals surface area contributed by atoms with Gasteiger partial charge in [0.05, 0.1) is 6.54 Å². The fourth-order valence-corrected chi connectivity index (χ4v) is 3.51. The fraction of sp³-hybridized carbons (Fsp3) is 0.261. The first-order chi connectivity index (χ1) is 13.8. The number of anilines is 2. The van der Waals surface area contributed by atoms with Crippen molar-refractivity contribution >= 4 is 17.5 Å². The molecule has 0 N–H and O–H groups in total. The molecule has 4 rings (SSSR count). The Morgan fingerprint density at radius 1 is 0.893 bits per heavy atom. The first kappa shape index (κ1) is 18.2. The number of rotatable bonds is 5. The van der Waals surface area contributed by atoms with Crippen LogP contribution in [-0.2, 0) is 6.54 Å². The van der Waals surface area contributed by atoms with Crippen molar-refractivity contribution in [3.05, 3.63) is 84.2 Å². The topological polar surface area (TPSA) is 49.3 Å². The van der Waals surface area contributed by atoms with Gasteiger partial charge in [0, 0.05) is 25.0 Å². The zero-order valence-electron chi connectivity index (χ0n) is 15.9. The molecule has 1 aliphatic heterocycles. The van der Waals surface area contributed by atoms with Crippen LogP contribution in [-0.4, -0.2) is 29.0 Å². The third-order valence-corrected chi connectivity index (χ3v) is 5.00. The fourth-order valence-electron chi connectivity index (χ4n) is 3.51. The number of amides is 1. The molecule has 5 nitrogen and oxygen atoms in total. The number of carbonyl (C=O) groups is 1. The van der Waals surface area contributed by atoms with Crippen LogP contribution in [0.1, 0.15) is 35.3 Å². The minimum absolute atomic E-state index is 0.115. The van der Waals surface area contributed by atoms with Gasteiger partial charge in [-0.05, 0) is 43.0 Å². The van der Waals surface area contributed by atoms with E-state index in [1.54, 1.807) is 17.2 Å². The molecular formula is C23H24N4O. The Hall–Kier alpha value is -3.21. The summed E-state index contributed by atoms with van der Waals surface area (Å²) in [4.78, 5) is 26.4. The molecule has 142 valence electrons. The summed E-state index contributed by atoms with van der Waals surface area (Å²) < 4.78 is 0. The van der Waals surface area contributed by atoms with Crippen LogP contribution >= 0.6 is 0 Å². The first-order valence-corrected chi connectivity index (χ1v) is 9.80. The highest BCUT2D eigenvalue weighted by atomic mass is 16.2. The van der Waals surface area contributed by atoms with E-state index in [1.807, 2.05) is 60.7 Å². The Morgan fingerprint density at radius 3 is 2.29 bits per heavy atom. The maximum Gasteiger partial charge on any atom is 0.277 e. The van der Waals surface area contributed by atoms with E-state index >= 15 is 0 Å². The second kappa shape index (κ2) is 8.65. The lowest BCUT2D eigenvalue weighted by Gasteiger charge is -2.27. The lowest BCUT2D eigenvalue weighted by Crippen LogP contribution is -2.33. The maximum absolute atomic E-state index is 13.4. The molecule has 0 spiro atoms. The van der Waals surface area contributed by atoms with Gasteiger partial charge in [-0.25, -0.2) is 9.97 Å². The molecule has 0 saturated carbocycles. The van der Waals surface area contributed by atoms with E-state index in [0.29, 0.717) is 18.2 Å². The highest BCUT2D eigenvalue weighted by Gasteiger charge is 2.21. The molecule has 2 aromatic carbocycles. The molecule has 1 fully saturated rings. The SMILES string of the molecule is O=C(c1ccnc(N2CCCCC2)n1)N(Cc1ccccc1)c1ccccc1. The van der Waals surface area contributed by atoms with Gasteiger partial charge in [0.2, 0.25) is 5.95 Å². The Kier molecular flexibility index (Phi) is 5.61. The molecule has 1 amide bonds. The second-order valence-corrected chi connectivity index (χ2v) is 7.00. The van der Waals surface area contributed by atoms with Crippen LogP contribution in [0.3, 0.4) is 0 Å². The number of benzene rings is 2. The summed E-state index contributed by atoms with van der Waals surface area (Å²) in [6.07, 6.45) is 5.22. The first-order valence-electron chi connectivity index (χ1n) is 9.80. The van der Waals surface area contributed by atoms with Crippen LogP contribution in [0, 0.1) is 0 Å². The number of hydrogen-bond acceptors (Lipinski definition) is 4. The number of hydrogen-bond donors (Lipinski definition) is 0. The van der Waals surface area contributed by atoms with Crippen molar-refractivity contribution in [2.24, 2.45) is 0 Å². The molecule has 0 unspecified atom stereocenters. The second-order valence-electron chi connectivity index (χ2n) is 7.00. The van der Waals surface area contributed by atoms with Crippen molar-refractivity contribution < 1.29 is 4.79 Å². The van der Waals surface area contributed by atoms with Gasteiger partial charge in [-0.1, -0.05) is 48.5 Å². The van der Waals surface area contributed by atoms with Gasteiger partial charge in [0.15, 0.2) is 0 Å². The predicted octanol–water partition coefficient (Wildman–Crippen LogP) is 4.31. The molecule has 0 aliphatic carbocycles. The molecule has 0 radical (unpaired) electrons. The van der Waals surface area contributed by atoms with E-state index in [9.17, 15) is 4.79 Å². The van der Waals surface area contributed by atoms with Crippen molar-refractivity contribution in [3.8, 4) is 0 Å². The number of nitrogens with zero attached hydrogens (tertiary/aromatic N) is 4. The summed E-state index contributed by atoms with van der Waals surface area (Å²) in [7, 11) is 0. The average molecular weight is 372 g/mol. The van der Waals surface area contributed by atoms with Crippen LogP contribution in [0.2, 0.25) is 0 Å². The Bertz CT molecular complexity index is 908. The van der Waals surface area contributed by atoms with Crippen molar-refractivity contribution in [1.82, 2.24) is 9.97 Å². The molecule has 5 heteroatoms. The van der Waals surface area contributed by atoms with Gasteiger partial charge in [-0.3, -0.25) is 4.79 Å². The van der Waals surface area contributed by atoms with E-state index in [-0.39, 0.29) is 5.91 Å². The molecular weight excluding hydrogens is 348 g/mol. The van der Waals surface area contributed by atoms with E-state index in [0.717, 1.165) is 37.2 Å². The molecule has 1 saturated heterocycles. The zero-order valence-corrected chi connectivity index (χ0v) is 15.9. The number of para-hydroxylation sites is 1. The van der Waals surface area contributed by atoms with E-state index in [1.165, 1.54) is 6.42 Å². The summed E-state index contributed by atoms with van der Waals surface area (Å²) in [6, 6.07) is 21.5. The summed E-state index contributed by atoms with van der Waals surface area (Å²) in [5.41, 5.74) is 2.36. The molecule has 28 heavy (non-hydrogen) atoms. The van der Waals surface area contributed by atoms with Gasteiger partial charge in [-0.15, -0.1) is 0 Å². The Balaban J connectivity index is 1.63. The molecule has 2 heterocycles. The van der Waals surface area contributed by atoms with E-state index in [4.69, 9.17) is 0 Å². The van der Waals surface area contributed by atoms with Crippen LogP contribution in [0.25, 0.3) is 0 Å². The number of aromatic nitrogens is 2. The third-order valence-electron chi connectivity index (χ3n) is 5.00. The number of piperidine rings is 1. The average Bonchev–Trinajstić information content (AvgIpc) is 2.79. The third kappa shape index (κ3) is 4.19. The Labute approximate surface area is 165 Å². The minimum Gasteiger partial charge on any atom is -0.341 e. The van der Waals surface area contributed by atoms with E-state index < -0.39 is 0 Å². The quantitative estimate of drug-likeness (QED) is 0.669.